The first-order valence-electron chi connectivity index (χ1n) is 12.0. The van der Waals surface area contributed by atoms with Gasteiger partial charge in [0, 0.05) is 62.2 Å². The maximum atomic E-state index is 13.5. The summed E-state index contributed by atoms with van der Waals surface area (Å²) < 4.78 is 0. The number of nitrogens with two attached hydrogens (primary N) is 1. The van der Waals surface area contributed by atoms with E-state index in [4.69, 9.17) is 17.3 Å². The number of carbonyl (C=O) groups excluding carboxylic acids is 4. The summed E-state index contributed by atoms with van der Waals surface area (Å²) in [5.41, 5.74) is 6.64. The molecule has 4 rings (SSSR count). The predicted molar refractivity (Wildman–Crippen MR) is 138 cm³/mol. The quantitative estimate of drug-likeness (QED) is 0.462. The van der Waals surface area contributed by atoms with Crippen LogP contribution in [0.15, 0.2) is 18.3 Å². The number of nitrogens with one attached hydrogen (secondary N) is 2. The molecule has 2 aromatic rings. The maximum Gasteiger partial charge on any atom is 0.309 e. The molecule has 3 heterocycles. The fraction of sp³-hybridized carbons (Fsp3) is 0.500. The van der Waals surface area contributed by atoms with Gasteiger partial charge in [-0.25, -0.2) is 4.98 Å². The summed E-state index contributed by atoms with van der Waals surface area (Å²) in [7, 11) is 5.35. The Kier molecular flexibility index (Phi) is 8.10. The zero-order valence-electron chi connectivity index (χ0n) is 20.9. The average Bonchev–Trinajstić information content (AvgIpc) is 3.28. The summed E-state index contributed by atoms with van der Waals surface area (Å²) >= 11 is 7.40. The number of rotatable bonds is 5. The molecule has 1 aliphatic carbocycles. The van der Waals surface area contributed by atoms with Gasteiger partial charge in [-0.2, -0.15) is 0 Å². The second-order valence-corrected chi connectivity index (χ2v) is 11.2. The van der Waals surface area contributed by atoms with Gasteiger partial charge in [-0.3, -0.25) is 24.2 Å². The van der Waals surface area contributed by atoms with E-state index in [9.17, 15) is 19.2 Å². The standard InChI is InChI=1S/C24H30ClN7O4S/c1-31(2)24(36)13-5-7-16(28-21(34)20(26)33)19(18(13)15-6-4-12(25)10-27-15)30-22(35)23-29-14-8-9-32(3)11-17(14)37-23/h4,6,10,13,16,18-19H,5,7-9,11H2,1-3H3,(H2,26,33)(H,28,34)(H,30,35)/t13-,16-,18+,19+/m0/s1. The topological polar surface area (TPSA) is 151 Å². The average molecular weight is 548 g/mol. The highest BCUT2D eigenvalue weighted by Crippen LogP contribution is 2.39. The number of hydrogen-bond acceptors (Lipinski definition) is 8. The molecule has 1 fully saturated rings. The summed E-state index contributed by atoms with van der Waals surface area (Å²) in [6.45, 7) is 1.58. The van der Waals surface area contributed by atoms with Crippen molar-refractivity contribution in [3.63, 3.8) is 0 Å². The number of hydrogen-bond donors (Lipinski definition) is 3. The molecule has 0 saturated heterocycles. The minimum Gasteiger partial charge on any atom is -0.361 e. The van der Waals surface area contributed by atoms with Gasteiger partial charge < -0.3 is 26.2 Å². The van der Waals surface area contributed by atoms with Crippen LogP contribution in [0.25, 0.3) is 0 Å². The van der Waals surface area contributed by atoms with Crippen LogP contribution in [0, 0.1) is 5.92 Å². The molecule has 11 nitrogen and oxygen atoms in total. The Morgan fingerprint density at radius 3 is 2.59 bits per heavy atom. The van der Waals surface area contributed by atoms with Crippen LogP contribution in [0.3, 0.4) is 0 Å². The van der Waals surface area contributed by atoms with E-state index in [1.165, 1.54) is 22.4 Å². The van der Waals surface area contributed by atoms with Crippen molar-refractivity contribution in [3.8, 4) is 0 Å². The number of halogens is 1. The lowest BCUT2D eigenvalue weighted by Gasteiger charge is -2.43. The fourth-order valence-electron chi connectivity index (χ4n) is 5.03. The molecule has 198 valence electrons. The number of pyridine rings is 1. The van der Waals surface area contributed by atoms with E-state index in [0.717, 1.165) is 30.1 Å². The summed E-state index contributed by atoms with van der Waals surface area (Å²) in [6.07, 6.45) is 2.98. The third-order valence-corrected chi connectivity index (χ3v) is 8.15. The monoisotopic (exact) mass is 547 g/mol. The van der Waals surface area contributed by atoms with E-state index in [0.29, 0.717) is 28.6 Å². The second kappa shape index (κ2) is 11.1. The highest BCUT2D eigenvalue weighted by Gasteiger charge is 2.46. The van der Waals surface area contributed by atoms with Crippen LogP contribution >= 0.6 is 22.9 Å². The molecule has 4 N–H and O–H groups in total. The lowest BCUT2D eigenvalue weighted by atomic mass is 9.70. The van der Waals surface area contributed by atoms with Gasteiger partial charge in [0.15, 0.2) is 5.01 Å². The Hall–Kier alpha value is -3.09. The van der Waals surface area contributed by atoms with Crippen molar-refractivity contribution in [2.24, 2.45) is 11.7 Å². The Morgan fingerprint density at radius 1 is 1.19 bits per heavy atom. The summed E-state index contributed by atoms with van der Waals surface area (Å²) in [5, 5.41) is 6.40. The highest BCUT2D eigenvalue weighted by molar-refractivity contribution is 7.13. The summed E-state index contributed by atoms with van der Waals surface area (Å²) in [6, 6.07) is 1.93. The van der Waals surface area contributed by atoms with E-state index < -0.39 is 41.6 Å². The Morgan fingerprint density at radius 2 is 1.95 bits per heavy atom. The van der Waals surface area contributed by atoms with Gasteiger partial charge in [-0.1, -0.05) is 11.6 Å². The van der Waals surface area contributed by atoms with E-state index in [2.05, 4.69) is 25.5 Å². The third-order valence-electron chi connectivity index (χ3n) is 6.85. The van der Waals surface area contributed by atoms with Gasteiger partial charge in [0.2, 0.25) is 5.91 Å². The number of nitrogens with zero attached hydrogens (tertiary/aromatic N) is 4. The lowest BCUT2D eigenvalue weighted by Crippen LogP contribution is -2.60. The number of thiazole rings is 1. The number of carbonyl (C=O) groups is 4. The van der Waals surface area contributed by atoms with E-state index in [1.807, 2.05) is 7.05 Å². The molecule has 13 heteroatoms. The van der Waals surface area contributed by atoms with Crippen LogP contribution in [-0.2, 0) is 27.3 Å². The number of fused-ring (bicyclic) bond motifs is 1. The molecule has 2 aliphatic rings. The van der Waals surface area contributed by atoms with Crippen LogP contribution in [-0.4, -0.2) is 83.2 Å². The van der Waals surface area contributed by atoms with E-state index >= 15 is 0 Å². The summed E-state index contributed by atoms with van der Waals surface area (Å²) in [5.74, 6) is -3.78. The Labute approximate surface area is 223 Å². The van der Waals surface area contributed by atoms with Gasteiger partial charge in [0.1, 0.15) is 0 Å². The van der Waals surface area contributed by atoms with Crippen LogP contribution in [0.1, 0.15) is 44.8 Å². The van der Waals surface area contributed by atoms with Crippen LogP contribution in [0.2, 0.25) is 5.02 Å². The molecule has 37 heavy (non-hydrogen) atoms. The van der Waals surface area contributed by atoms with Crippen molar-refractivity contribution >= 4 is 46.6 Å². The SMILES string of the molecule is CN1CCc2nc(C(=O)N[C@H]3[C@@H](c4ccc(Cl)cn4)[C@@H](C(=O)N(C)C)CC[C@@H]3NC(=O)C(N)=O)sc2C1. The molecule has 0 radical (unpaired) electrons. The minimum absolute atomic E-state index is 0.131. The molecule has 4 amide bonds. The number of primary amides is 1. The van der Waals surface area contributed by atoms with Crippen molar-refractivity contribution in [2.45, 2.75) is 43.8 Å². The number of amides is 4. The molecule has 0 aromatic carbocycles. The Bertz CT molecular complexity index is 1200. The van der Waals surface area contributed by atoms with Crippen molar-refractivity contribution in [1.82, 2.24) is 30.4 Å². The first kappa shape index (κ1) is 27.0. The molecule has 0 unspecified atom stereocenters. The molecule has 2 aromatic heterocycles. The molecule has 4 atom stereocenters. The first-order chi connectivity index (χ1) is 17.5. The van der Waals surface area contributed by atoms with Crippen molar-refractivity contribution in [1.29, 1.82) is 0 Å². The van der Waals surface area contributed by atoms with Crippen LogP contribution in [0.5, 0.6) is 0 Å². The molecular weight excluding hydrogens is 518 g/mol. The van der Waals surface area contributed by atoms with Gasteiger partial charge in [-0.05, 0) is 32.0 Å². The second-order valence-electron chi connectivity index (χ2n) is 9.66. The largest absolute Gasteiger partial charge is 0.361 e. The highest BCUT2D eigenvalue weighted by atomic mass is 35.5. The lowest BCUT2D eigenvalue weighted by molar-refractivity contribution is -0.138. The molecule has 0 spiro atoms. The van der Waals surface area contributed by atoms with Crippen LogP contribution in [0.4, 0.5) is 0 Å². The van der Waals surface area contributed by atoms with Crippen LogP contribution < -0.4 is 16.4 Å². The number of likely N-dealkylation sites (N-methyl/N-ethyl adjacent to an activating group) is 1. The van der Waals surface area contributed by atoms with E-state index in [1.54, 1.807) is 26.2 Å². The van der Waals surface area contributed by atoms with Crippen molar-refractivity contribution in [2.75, 3.05) is 27.7 Å². The van der Waals surface area contributed by atoms with E-state index in [-0.39, 0.29) is 5.91 Å². The van der Waals surface area contributed by atoms with Gasteiger partial charge in [0.25, 0.3) is 5.91 Å². The number of aromatic nitrogens is 2. The Balaban J connectivity index is 1.72. The van der Waals surface area contributed by atoms with Crippen molar-refractivity contribution in [3.05, 3.63) is 44.6 Å². The normalized spacial score (nSPS) is 23.6. The zero-order chi connectivity index (χ0) is 26.9. The molecule has 1 saturated carbocycles. The maximum absolute atomic E-state index is 13.5. The molecule has 1 aliphatic heterocycles. The van der Waals surface area contributed by atoms with Crippen molar-refractivity contribution < 1.29 is 19.2 Å². The fourth-order valence-corrected chi connectivity index (χ4v) is 6.23. The molecule has 0 bridgehead atoms. The predicted octanol–water partition coefficient (Wildman–Crippen LogP) is 0.530. The minimum atomic E-state index is -1.13. The van der Waals surface area contributed by atoms with Gasteiger partial charge >= 0.3 is 11.8 Å². The van der Waals surface area contributed by atoms with Gasteiger partial charge in [-0.15, -0.1) is 11.3 Å². The smallest absolute Gasteiger partial charge is 0.309 e. The first-order valence-corrected chi connectivity index (χ1v) is 13.2. The third kappa shape index (κ3) is 5.91. The zero-order valence-corrected chi connectivity index (χ0v) is 22.4. The molecular formula is C24H30ClN7O4S. The van der Waals surface area contributed by atoms with Gasteiger partial charge in [0.05, 0.1) is 22.8 Å². The summed E-state index contributed by atoms with van der Waals surface area (Å²) in [4.78, 5) is 64.3.